The molecule has 24 heavy (non-hydrogen) atoms. The minimum Gasteiger partial charge on any atom is -0.354 e. The van der Waals surface area contributed by atoms with Crippen molar-refractivity contribution in [2.75, 3.05) is 32.4 Å². The number of nitrogens with one attached hydrogen (secondary N) is 2. The molecule has 1 aromatic rings. The summed E-state index contributed by atoms with van der Waals surface area (Å²) in [4.78, 5) is 23.9. The van der Waals surface area contributed by atoms with Gasteiger partial charge in [0.25, 0.3) is 5.91 Å². The number of hydrogen-bond acceptors (Lipinski definition) is 4. The lowest BCUT2D eigenvalue weighted by Crippen LogP contribution is -2.44. The largest absolute Gasteiger partial charge is 0.354 e. The Bertz CT molecular complexity index is 668. The zero-order chi connectivity index (χ0) is 17.6. The number of carbonyl (C=O) groups is 2. The summed E-state index contributed by atoms with van der Waals surface area (Å²) in [6.45, 7) is 1.45. The van der Waals surface area contributed by atoms with E-state index in [0.29, 0.717) is 44.6 Å². The summed E-state index contributed by atoms with van der Waals surface area (Å²) in [5, 5.41) is 5.53. The standard InChI is InChI=1S/C16H23N3O4S/c1-24(22,23)19-11-7-14(8-12-19)16(21)18-10-9-17-15(20)13-5-3-2-4-6-13/h2-6,14H,7-12H2,1H3,(H,17,20)(H,18,21). The van der Waals surface area contributed by atoms with Crippen LogP contribution in [0.1, 0.15) is 23.2 Å². The van der Waals surface area contributed by atoms with Crippen molar-refractivity contribution in [3.63, 3.8) is 0 Å². The Morgan fingerprint density at radius 3 is 2.25 bits per heavy atom. The summed E-state index contributed by atoms with van der Waals surface area (Å²) in [5.41, 5.74) is 0.581. The monoisotopic (exact) mass is 353 g/mol. The van der Waals surface area contributed by atoms with Crippen molar-refractivity contribution in [1.82, 2.24) is 14.9 Å². The van der Waals surface area contributed by atoms with Gasteiger partial charge in [0.15, 0.2) is 0 Å². The first-order chi connectivity index (χ1) is 11.4. The molecule has 0 unspecified atom stereocenters. The summed E-state index contributed by atoms with van der Waals surface area (Å²) in [6, 6.07) is 8.87. The van der Waals surface area contributed by atoms with E-state index in [9.17, 15) is 18.0 Å². The van der Waals surface area contributed by atoms with E-state index in [1.165, 1.54) is 10.6 Å². The smallest absolute Gasteiger partial charge is 0.251 e. The summed E-state index contributed by atoms with van der Waals surface area (Å²) in [7, 11) is -3.18. The Labute approximate surface area is 142 Å². The quantitative estimate of drug-likeness (QED) is 0.715. The van der Waals surface area contributed by atoms with Gasteiger partial charge in [0.1, 0.15) is 0 Å². The fourth-order valence-electron chi connectivity index (χ4n) is 2.65. The average Bonchev–Trinajstić information content (AvgIpc) is 2.58. The predicted octanol–water partition coefficient (Wildman–Crippen LogP) is 0.204. The highest BCUT2D eigenvalue weighted by atomic mass is 32.2. The van der Waals surface area contributed by atoms with Crippen LogP contribution in [0.4, 0.5) is 0 Å². The van der Waals surface area contributed by atoms with Crippen LogP contribution in [-0.4, -0.2) is 57.0 Å². The molecule has 132 valence electrons. The highest BCUT2D eigenvalue weighted by molar-refractivity contribution is 7.88. The number of hydrogen-bond donors (Lipinski definition) is 2. The van der Waals surface area contributed by atoms with Crippen molar-refractivity contribution in [2.24, 2.45) is 5.92 Å². The lowest BCUT2D eigenvalue weighted by molar-refractivity contribution is -0.126. The second kappa shape index (κ2) is 8.25. The minimum atomic E-state index is -3.18. The van der Waals surface area contributed by atoms with Crippen molar-refractivity contribution in [1.29, 1.82) is 0 Å². The summed E-state index contributed by atoms with van der Waals surface area (Å²) in [5.74, 6) is -0.434. The molecule has 0 saturated carbocycles. The average molecular weight is 353 g/mol. The zero-order valence-electron chi connectivity index (χ0n) is 13.7. The molecule has 2 rings (SSSR count). The van der Waals surface area contributed by atoms with Gasteiger partial charge in [-0.05, 0) is 25.0 Å². The van der Waals surface area contributed by atoms with Crippen molar-refractivity contribution < 1.29 is 18.0 Å². The first-order valence-corrected chi connectivity index (χ1v) is 9.79. The first kappa shape index (κ1) is 18.4. The Morgan fingerprint density at radius 1 is 1.08 bits per heavy atom. The lowest BCUT2D eigenvalue weighted by Gasteiger charge is -2.29. The van der Waals surface area contributed by atoms with E-state index in [1.807, 2.05) is 6.07 Å². The molecule has 7 nitrogen and oxygen atoms in total. The maximum absolute atomic E-state index is 12.1. The van der Waals surface area contributed by atoms with Gasteiger partial charge in [-0.15, -0.1) is 0 Å². The normalized spacial score (nSPS) is 16.5. The highest BCUT2D eigenvalue weighted by Crippen LogP contribution is 2.19. The van der Waals surface area contributed by atoms with Gasteiger partial charge in [-0.25, -0.2) is 12.7 Å². The van der Waals surface area contributed by atoms with Crippen molar-refractivity contribution in [3.05, 3.63) is 35.9 Å². The van der Waals surface area contributed by atoms with E-state index in [1.54, 1.807) is 24.3 Å². The molecule has 1 heterocycles. The SMILES string of the molecule is CS(=O)(=O)N1CCC(C(=O)NCCNC(=O)c2ccccc2)CC1. The van der Waals surface area contributed by atoms with Crippen LogP contribution in [0, 0.1) is 5.92 Å². The van der Waals surface area contributed by atoms with Crippen LogP contribution in [0.2, 0.25) is 0 Å². The molecule has 1 aromatic carbocycles. The summed E-state index contributed by atoms with van der Waals surface area (Å²) < 4.78 is 24.3. The number of rotatable bonds is 6. The van der Waals surface area contributed by atoms with Crippen LogP contribution < -0.4 is 10.6 Å². The van der Waals surface area contributed by atoms with E-state index in [2.05, 4.69) is 10.6 Å². The molecule has 1 saturated heterocycles. The Hall–Kier alpha value is -1.93. The van der Waals surface area contributed by atoms with Crippen LogP contribution in [0.5, 0.6) is 0 Å². The van der Waals surface area contributed by atoms with E-state index >= 15 is 0 Å². The number of amides is 2. The zero-order valence-corrected chi connectivity index (χ0v) is 14.5. The lowest BCUT2D eigenvalue weighted by atomic mass is 9.97. The fraction of sp³-hybridized carbons (Fsp3) is 0.500. The molecule has 2 amide bonds. The molecule has 0 aliphatic carbocycles. The Balaban J connectivity index is 1.66. The summed E-state index contributed by atoms with van der Waals surface area (Å²) in [6.07, 6.45) is 2.23. The van der Waals surface area contributed by atoms with Crippen LogP contribution >= 0.6 is 0 Å². The minimum absolute atomic E-state index is 0.0860. The third-order valence-electron chi connectivity index (χ3n) is 4.04. The maximum Gasteiger partial charge on any atom is 0.251 e. The van der Waals surface area contributed by atoms with Gasteiger partial charge in [-0.1, -0.05) is 18.2 Å². The molecule has 0 radical (unpaired) electrons. The summed E-state index contributed by atoms with van der Waals surface area (Å²) >= 11 is 0. The second-order valence-electron chi connectivity index (χ2n) is 5.85. The second-order valence-corrected chi connectivity index (χ2v) is 7.83. The van der Waals surface area contributed by atoms with Gasteiger partial charge in [0, 0.05) is 37.7 Å². The molecule has 0 spiro atoms. The van der Waals surface area contributed by atoms with E-state index < -0.39 is 10.0 Å². The van der Waals surface area contributed by atoms with Gasteiger partial charge >= 0.3 is 0 Å². The van der Waals surface area contributed by atoms with Crippen LogP contribution in [0.3, 0.4) is 0 Å². The van der Waals surface area contributed by atoms with Gasteiger partial charge < -0.3 is 10.6 Å². The topological polar surface area (TPSA) is 95.6 Å². The molecular formula is C16H23N3O4S. The fourth-order valence-corrected chi connectivity index (χ4v) is 3.52. The van der Waals surface area contributed by atoms with Crippen LogP contribution in [0.15, 0.2) is 30.3 Å². The van der Waals surface area contributed by atoms with Gasteiger partial charge in [0.2, 0.25) is 15.9 Å². The van der Waals surface area contributed by atoms with Crippen molar-refractivity contribution >= 4 is 21.8 Å². The molecule has 1 aliphatic heterocycles. The Morgan fingerprint density at radius 2 is 1.67 bits per heavy atom. The number of nitrogens with zero attached hydrogens (tertiary/aromatic N) is 1. The van der Waals surface area contributed by atoms with Crippen molar-refractivity contribution in [2.45, 2.75) is 12.8 Å². The van der Waals surface area contributed by atoms with E-state index in [-0.39, 0.29) is 17.7 Å². The van der Waals surface area contributed by atoms with Gasteiger partial charge in [0.05, 0.1) is 6.26 Å². The molecular weight excluding hydrogens is 330 g/mol. The van der Waals surface area contributed by atoms with Gasteiger partial charge in [-0.3, -0.25) is 9.59 Å². The molecule has 2 N–H and O–H groups in total. The van der Waals surface area contributed by atoms with Crippen molar-refractivity contribution in [3.8, 4) is 0 Å². The molecule has 1 aliphatic rings. The number of piperidine rings is 1. The molecule has 0 bridgehead atoms. The Kier molecular flexibility index (Phi) is 6.33. The molecule has 1 fully saturated rings. The number of carbonyl (C=O) groups excluding carboxylic acids is 2. The first-order valence-electron chi connectivity index (χ1n) is 7.94. The van der Waals surface area contributed by atoms with Crippen LogP contribution in [0.25, 0.3) is 0 Å². The number of benzene rings is 1. The third kappa shape index (κ3) is 5.31. The molecule has 8 heteroatoms. The van der Waals surface area contributed by atoms with Gasteiger partial charge in [-0.2, -0.15) is 0 Å². The maximum atomic E-state index is 12.1. The van der Waals surface area contributed by atoms with E-state index in [0.717, 1.165) is 0 Å². The highest BCUT2D eigenvalue weighted by Gasteiger charge is 2.28. The van der Waals surface area contributed by atoms with E-state index in [4.69, 9.17) is 0 Å². The number of sulfonamides is 1. The molecule has 0 atom stereocenters. The molecule has 0 aromatic heterocycles. The third-order valence-corrected chi connectivity index (χ3v) is 5.34. The van der Waals surface area contributed by atoms with Crippen LogP contribution in [-0.2, 0) is 14.8 Å². The predicted molar refractivity (Wildman–Crippen MR) is 90.9 cm³/mol.